The standard InChI is InChI=1S/C21H22ClN7O/c1-13-18(22)7-23-21(25-13)29-10-14-8-28(9-15(14)11-29)20(30)17-6-4-3-5-16(17)19-24-12-27(2)26-19/h3-7,12,14-15H,8-11H2,1-2H3. The van der Waals surface area contributed by atoms with E-state index >= 15 is 0 Å². The van der Waals surface area contributed by atoms with Crippen molar-refractivity contribution < 1.29 is 4.79 Å². The van der Waals surface area contributed by atoms with Crippen molar-refractivity contribution in [3.8, 4) is 11.4 Å². The van der Waals surface area contributed by atoms with Crippen LogP contribution in [0.1, 0.15) is 16.1 Å². The molecule has 2 aliphatic heterocycles. The lowest BCUT2D eigenvalue weighted by molar-refractivity contribution is 0.0783. The first-order chi connectivity index (χ1) is 14.5. The summed E-state index contributed by atoms with van der Waals surface area (Å²) in [5.41, 5.74) is 2.21. The predicted molar refractivity (Wildman–Crippen MR) is 113 cm³/mol. The molecule has 0 N–H and O–H groups in total. The second-order valence-corrected chi connectivity index (χ2v) is 8.43. The molecule has 1 amide bonds. The van der Waals surface area contributed by atoms with E-state index < -0.39 is 0 Å². The van der Waals surface area contributed by atoms with Gasteiger partial charge in [0.15, 0.2) is 5.82 Å². The fourth-order valence-electron chi connectivity index (χ4n) is 4.41. The number of hydrogen-bond acceptors (Lipinski definition) is 6. The first-order valence-electron chi connectivity index (χ1n) is 9.98. The molecule has 0 bridgehead atoms. The number of carbonyl (C=O) groups excluding carboxylic acids is 1. The number of aromatic nitrogens is 5. The molecule has 3 aromatic rings. The van der Waals surface area contributed by atoms with E-state index in [2.05, 4.69) is 25.0 Å². The summed E-state index contributed by atoms with van der Waals surface area (Å²) in [7, 11) is 1.82. The van der Waals surface area contributed by atoms with Gasteiger partial charge in [0.25, 0.3) is 5.91 Å². The van der Waals surface area contributed by atoms with Gasteiger partial charge in [0.1, 0.15) is 6.33 Å². The van der Waals surface area contributed by atoms with Gasteiger partial charge in [-0.2, -0.15) is 5.10 Å². The highest BCUT2D eigenvalue weighted by Gasteiger charge is 2.42. The van der Waals surface area contributed by atoms with Gasteiger partial charge >= 0.3 is 0 Å². The Labute approximate surface area is 179 Å². The fraction of sp³-hybridized carbons (Fsp3) is 0.381. The lowest BCUT2D eigenvalue weighted by Gasteiger charge is -2.22. The van der Waals surface area contributed by atoms with Crippen LogP contribution in [-0.2, 0) is 7.05 Å². The molecule has 8 nitrogen and oxygen atoms in total. The van der Waals surface area contributed by atoms with E-state index in [9.17, 15) is 4.79 Å². The second kappa shape index (κ2) is 7.36. The molecule has 2 aromatic heterocycles. The van der Waals surface area contributed by atoms with Crippen molar-refractivity contribution in [3.05, 3.63) is 53.1 Å². The van der Waals surface area contributed by atoms with Crippen molar-refractivity contribution in [2.45, 2.75) is 6.92 Å². The van der Waals surface area contributed by atoms with Crippen LogP contribution >= 0.6 is 11.6 Å². The van der Waals surface area contributed by atoms with E-state index in [0.717, 1.165) is 43.4 Å². The van der Waals surface area contributed by atoms with E-state index in [4.69, 9.17) is 11.6 Å². The Kier molecular flexibility index (Phi) is 4.66. The van der Waals surface area contributed by atoms with Gasteiger partial charge in [-0.25, -0.2) is 15.0 Å². The van der Waals surface area contributed by atoms with Crippen molar-refractivity contribution in [3.63, 3.8) is 0 Å². The van der Waals surface area contributed by atoms with E-state index in [1.807, 2.05) is 43.1 Å². The minimum absolute atomic E-state index is 0.0394. The average molecular weight is 424 g/mol. The maximum absolute atomic E-state index is 13.3. The molecule has 0 saturated carbocycles. The first-order valence-corrected chi connectivity index (χ1v) is 10.4. The molecule has 0 spiro atoms. The van der Waals surface area contributed by atoms with Crippen molar-refractivity contribution >= 4 is 23.5 Å². The van der Waals surface area contributed by atoms with Gasteiger partial charge in [-0.3, -0.25) is 9.48 Å². The summed E-state index contributed by atoms with van der Waals surface area (Å²) < 4.78 is 1.64. The van der Waals surface area contributed by atoms with Crippen molar-refractivity contribution in [2.24, 2.45) is 18.9 Å². The zero-order valence-electron chi connectivity index (χ0n) is 16.9. The molecule has 30 heavy (non-hydrogen) atoms. The molecular weight excluding hydrogens is 402 g/mol. The number of amides is 1. The lowest BCUT2D eigenvalue weighted by atomic mass is 10.0. The molecule has 0 aliphatic carbocycles. The number of aryl methyl sites for hydroxylation is 2. The fourth-order valence-corrected chi connectivity index (χ4v) is 4.50. The number of fused-ring (bicyclic) bond motifs is 1. The molecular formula is C21H22ClN7O. The van der Waals surface area contributed by atoms with Gasteiger partial charge in [0.05, 0.1) is 22.5 Å². The molecule has 9 heteroatoms. The number of carbonyl (C=O) groups is 1. The van der Waals surface area contributed by atoms with Gasteiger partial charge in [-0.05, 0) is 13.0 Å². The smallest absolute Gasteiger partial charge is 0.254 e. The van der Waals surface area contributed by atoms with Gasteiger partial charge < -0.3 is 9.80 Å². The Morgan fingerprint density at radius 1 is 1.10 bits per heavy atom. The SMILES string of the molecule is Cc1nc(N2CC3CN(C(=O)c4ccccc4-c4ncn(C)n4)CC3C2)ncc1Cl. The Hall–Kier alpha value is -3.00. The molecule has 2 unspecified atom stereocenters. The molecule has 0 radical (unpaired) electrons. The van der Waals surface area contributed by atoms with Crippen LogP contribution in [0, 0.1) is 18.8 Å². The molecule has 1 aromatic carbocycles. The monoisotopic (exact) mass is 423 g/mol. The number of benzene rings is 1. The second-order valence-electron chi connectivity index (χ2n) is 8.03. The molecule has 154 valence electrons. The number of anilines is 1. The third kappa shape index (κ3) is 3.31. The zero-order chi connectivity index (χ0) is 20.8. The Bertz CT molecular complexity index is 1100. The molecule has 4 heterocycles. The summed E-state index contributed by atoms with van der Waals surface area (Å²) in [6, 6.07) is 7.56. The Morgan fingerprint density at radius 2 is 1.83 bits per heavy atom. The first kappa shape index (κ1) is 19.0. The molecule has 2 fully saturated rings. The normalized spacial score (nSPS) is 20.6. The summed E-state index contributed by atoms with van der Waals surface area (Å²) in [5, 5.41) is 4.95. The van der Waals surface area contributed by atoms with Crippen LogP contribution < -0.4 is 4.90 Å². The van der Waals surface area contributed by atoms with Crippen LogP contribution in [0.15, 0.2) is 36.8 Å². The highest BCUT2D eigenvalue weighted by Crippen LogP contribution is 2.34. The zero-order valence-corrected chi connectivity index (χ0v) is 17.6. The van der Waals surface area contributed by atoms with Crippen molar-refractivity contribution in [1.29, 1.82) is 0 Å². The largest absolute Gasteiger partial charge is 0.340 e. The van der Waals surface area contributed by atoms with E-state index in [1.54, 1.807) is 17.2 Å². The van der Waals surface area contributed by atoms with E-state index in [-0.39, 0.29) is 5.91 Å². The number of likely N-dealkylation sites (tertiary alicyclic amines) is 1. The Morgan fingerprint density at radius 3 is 2.50 bits per heavy atom. The van der Waals surface area contributed by atoms with Crippen LogP contribution in [0.3, 0.4) is 0 Å². The highest BCUT2D eigenvalue weighted by molar-refractivity contribution is 6.31. The van der Waals surface area contributed by atoms with Crippen molar-refractivity contribution in [2.75, 3.05) is 31.1 Å². The average Bonchev–Trinajstić information content (AvgIpc) is 3.44. The van der Waals surface area contributed by atoms with E-state index in [0.29, 0.717) is 28.2 Å². The lowest BCUT2D eigenvalue weighted by Crippen LogP contribution is -2.34. The summed E-state index contributed by atoms with van der Waals surface area (Å²) in [4.78, 5) is 30.7. The van der Waals surface area contributed by atoms with Gasteiger partial charge in [0.2, 0.25) is 5.95 Å². The van der Waals surface area contributed by atoms with Crippen LogP contribution in [0.5, 0.6) is 0 Å². The third-order valence-electron chi connectivity index (χ3n) is 5.96. The van der Waals surface area contributed by atoms with Crippen molar-refractivity contribution in [1.82, 2.24) is 29.6 Å². The van der Waals surface area contributed by atoms with Crippen LogP contribution in [0.25, 0.3) is 11.4 Å². The minimum atomic E-state index is 0.0394. The third-order valence-corrected chi connectivity index (χ3v) is 6.33. The van der Waals surface area contributed by atoms with Gasteiger partial charge in [-0.1, -0.05) is 29.8 Å². The molecule has 2 atom stereocenters. The maximum Gasteiger partial charge on any atom is 0.254 e. The predicted octanol–water partition coefficient (Wildman–Crippen LogP) is 2.44. The number of nitrogens with zero attached hydrogens (tertiary/aromatic N) is 7. The topological polar surface area (TPSA) is 80.0 Å². The minimum Gasteiger partial charge on any atom is -0.340 e. The Balaban J connectivity index is 1.31. The summed E-state index contributed by atoms with van der Waals surface area (Å²) in [6.45, 7) is 5.05. The van der Waals surface area contributed by atoms with Crippen LogP contribution in [0.2, 0.25) is 5.02 Å². The van der Waals surface area contributed by atoms with Crippen LogP contribution in [0.4, 0.5) is 5.95 Å². The van der Waals surface area contributed by atoms with Gasteiger partial charge in [-0.15, -0.1) is 0 Å². The summed E-state index contributed by atoms with van der Waals surface area (Å²) in [6.07, 6.45) is 3.30. The van der Waals surface area contributed by atoms with Gasteiger partial charge in [0, 0.05) is 50.6 Å². The molecule has 2 saturated heterocycles. The number of rotatable bonds is 3. The quantitative estimate of drug-likeness (QED) is 0.643. The molecule has 2 aliphatic rings. The summed E-state index contributed by atoms with van der Waals surface area (Å²) >= 11 is 6.06. The number of halogens is 1. The van der Waals surface area contributed by atoms with Crippen LogP contribution in [-0.4, -0.2) is 61.7 Å². The van der Waals surface area contributed by atoms with E-state index in [1.165, 1.54) is 0 Å². The molecule has 5 rings (SSSR count). The maximum atomic E-state index is 13.3. The summed E-state index contributed by atoms with van der Waals surface area (Å²) in [5.74, 6) is 2.15. The highest BCUT2D eigenvalue weighted by atomic mass is 35.5. The number of hydrogen-bond donors (Lipinski definition) is 0.